The van der Waals surface area contributed by atoms with Crippen molar-refractivity contribution in [3.8, 4) is 5.75 Å². The molecule has 2 unspecified atom stereocenters. The molecule has 152 valence electrons. The topological polar surface area (TPSA) is 34.5 Å². The van der Waals surface area contributed by atoms with Gasteiger partial charge in [0, 0.05) is 24.3 Å². The van der Waals surface area contributed by atoms with Gasteiger partial charge in [0.15, 0.2) is 0 Å². The molecule has 2 heterocycles. The van der Waals surface area contributed by atoms with Gasteiger partial charge >= 0.3 is 0 Å². The van der Waals surface area contributed by atoms with Gasteiger partial charge in [0.2, 0.25) is 5.91 Å². The van der Waals surface area contributed by atoms with E-state index in [1.807, 2.05) is 36.7 Å². The number of fused-ring (bicyclic) bond motifs is 1. The molecule has 0 spiro atoms. The lowest BCUT2D eigenvalue weighted by molar-refractivity contribution is -0.136. The van der Waals surface area contributed by atoms with Crippen LogP contribution in [0.5, 0.6) is 5.75 Å². The van der Waals surface area contributed by atoms with Gasteiger partial charge in [0.25, 0.3) is 0 Å². The van der Waals surface area contributed by atoms with E-state index in [1.54, 1.807) is 7.11 Å². The van der Waals surface area contributed by atoms with Gasteiger partial charge in [-0.3, -0.25) is 4.79 Å². The summed E-state index contributed by atoms with van der Waals surface area (Å²) in [5, 5.41) is 2.29. The molecule has 1 saturated heterocycles. The lowest BCUT2D eigenvalue weighted by atomic mass is 9.95. The molecular formula is C25H30N2O2. The Balaban J connectivity index is 1.71. The molecule has 4 nitrogen and oxygen atoms in total. The Morgan fingerprint density at radius 3 is 2.48 bits per heavy atom. The van der Waals surface area contributed by atoms with Gasteiger partial charge < -0.3 is 14.2 Å². The second-order valence-electron chi connectivity index (χ2n) is 8.37. The number of aromatic nitrogens is 1. The molecule has 0 bridgehead atoms. The highest BCUT2D eigenvalue weighted by Crippen LogP contribution is 2.40. The first-order valence-electron chi connectivity index (χ1n) is 10.6. The average molecular weight is 391 g/mol. The Labute approximate surface area is 173 Å². The Bertz CT molecular complexity index is 978. The summed E-state index contributed by atoms with van der Waals surface area (Å²) < 4.78 is 7.64. The van der Waals surface area contributed by atoms with Crippen molar-refractivity contribution in [2.24, 2.45) is 5.92 Å². The van der Waals surface area contributed by atoms with Gasteiger partial charge in [0.05, 0.1) is 13.2 Å². The van der Waals surface area contributed by atoms with Crippen molar-refractivity contribution in [2.45, 2.75) is 45.2 Å². The van der Waals surface area contributed by atoms with E-state index >= 15 is 0 Å². The molecule has 1 aliphatic rings. The van der Waals surface area contributed by atoms with Crippen molar-refractivity contribution in [3.63, 3.8) is 0 Å². The zero-order valence-electron chi connectivity index (χ0n) is 17.5. The number of carbonyl (C=O) groups is 1. The van der Waals surface area contributed by atoms with Crippen LogP contribution in [0.4, 0.5) is 0 Å². The second kappa shape index (κ2) is 8.32. The largest absolute Gasteiger partial charge is 0.496 e. The van der Waals surface area contributed by atoms with Gasteiger partial charge in [-0.25, -0.2) is 0 Å². The SMILES string of the molecule is COc1ccc(C2CCCN2C(=O)C(CC(C)C)n2cccc2)c2ccccc12. The first-order valence-corrected chi connectivity index (χ1v) is 10.6. The molecule has 4 rings (SSSR count). The van der Waals surface area contributed by atoms with Gasteiger partial charge in [-0.2, -0.15) is 0 Å². The Kier molecular flexibility index (Phi) is 5.61. The summed E-state index contributed by atoms with van der Waals surface area (Å²) in [5.74, 6) is 1.57. The predicted octanol–water partition coefficient (Wildman–Crippen LogP) is 5.60. The van der Waals surface area contributed by atoms with Crippen LogP contribution in [0.2, 0.25) is 0 Å². The van der Waals surface area contributed by atoms with Crippen LogP contribution < -0.4 is 4.74 Å². The molecule has 29 heavy (non-hydrogen) atoms. The molecule has 3 aromatic rings. The summed E-state index contributed by atoms with van der Waals surface area (Å²) in [6.07, 6.45) is 6.91. The fourth-order valence-electron chi connectivity index (χ4n) is 4.66. The summed E-state index contributed by atoms with van der Waals surface area (Å²) in [6.45, 7) is 5.18. The van der Waals surface area contributed by atoms with Crippen molar-refractivity contribution in [1.29, 1.82) is 0 Å². The van der Waals surface area contributed by atoms with Gasteiger partial charge in [-0.15, -0.1) is 0 Å². The van der Waals surface area contributed by atoms with E-state index < -0.39 is 0 Å². The molecule has 1 aliphatic heterocycles. The quantitative estimate of drug-likeness (QED) is 0.549. The Morgan fingerprint density at radius 1 is 1.07 bits per heavy atom. The van der Waals surface area contributed by atoms with Crippen LogP contribution in [0, 0.1) is 5.92 Å². The van der Waals surface area contributed by atoms with Gasteiger partial charge in [-0.05, 0) is 54.3 Å². The molecule has 0 N–H and O–H groups in total. The van der Waals surface area contributed by atoms with E-state index in [4.69, 9.17) is 4.74 Å². The maximum absolute atomic E-state index is 13.7. The second-order valence-corrected chi connectivity index (χ2v) is 8.37. The number of hydrogen-bond donors (Lipinski definition) is 0. The summed E-state index contributed by atoms with van der Waals surface area (Å²) in [7, 11) is 1.71. The number of carbonyl (C=O) groups excluding carboxylic acids is 1. The Hall–Kier alpha value is -2.75. The fraction of sp³-hybridized carbons (Fsp3) is 0.400. The van der Waals surface area contributed by atoms with Gasteiger partial charge in [0.1, 0.15) is 11.8 Å². The van der Waals surface area contributed by atoms with Crippen molar-refractivity contribution in [1.82, 2.24) is 9.47 Å². The monoisotopic (exact) mass is 390 g/mol. The molecule has 1 fully saturated rings. The van der Waals surface area contributed by atoms with Crippen molar-refractivity contribution in [3.05, 3.63) is 66.5 Å². The number of ether oxygens (including phenoxy) is 1. The summed E-state index contributed by atoms with van der Waals surface area (Å²) in [4.78, 5) is 15.8. The summed E-state index contributed by atoms with van der Waals surface area (Å²) >= 11 is 0. The van der Waals surface area contributed by atoms with E-state index in [1.165, 1.54) is 10.9 Å². The Morgan fingerprint density at radius 2 is 1.79 bits per heavy atom. The summed E-state index contributed by atoms with van der Waals surface area (Å²) in [5.41, 5.74) is 1.23. The first-order chi connectivity index (χ1) is 14.1. The summed E-state index contributed by atoms with van der Waals surface area (Å²) in [6, 6.07) is 16.5. The molecule has 0 saturated carbocycles. The van der Waals surface area contributed by atoms with Crippen LogP contribution in [0.1, 0.15) is 50.8 Å². The molecule has 2 atom stereocenters. The van der Waals surface area contributed by atoms with Crippen molar-refractivity contribution < 1.29 is 9.53 Å². The minimum atomic E-state index is -0.143. The molecule has 0 radical (unpaired) electrons. The maximum atomic E-state index is 13.7. The molecule has 1 aromatic heterocycles. The third-order valence-corrected chi connectivity index (χ3v) is 6.00. The van der Waals surface area contributed by atoms with Crippen LogP contribution in [0.15, 0.2) is 60.9 Å². The smallest absolute Gasteiger partial charge is 0.246 e. The standard InChI is InChI=1S/C25H30N2O2/c1-18(2)17-23(26-14-6-7-15-26)25(28)27-16-8-11-22(27)20-12-13-24(29-3)21-10-5-4-9-19(20)21/h4-7,9-10,12-15,18,22-23H,8,11,16-17H2,1-3H3. The third-order valence-electron chi connectivity index (χ3n) is 6.00. The third kappa shape index (κ3) is 3.76. The minimum absolute atomic E-state index is 0.114. The molecule has 2 aromatic carbocycles. The number of likely N-dealkylation sites (tertiary alicyclic amines) is 1. The molecule has 1 amide bonds. The predicted molar refractivity (Wildman–Crippen MR) is 117 cm³/mol. The fourth-order valence-corrected chi connectivity index (χ4v) is 4.66. The van der Waals surface area contributed by atoms with Gasteiger partial charge in [-0.1, -0.05) is 44.2 Å². The van der Waals surface area contributed by atoms with Crippen molar-refractivity contribution >= 4 is 16.7 Å². The number of amides is 1. The van der Waals surface area contributed by atoms with E-state index in [0.717, 1.165) is 36.9 Å². The first kappa shape index (κ1) is 19.6. The lowest BCUT2D eigenvalue weighted by Crippen LogP contribution is -2.37. The molecular weight excluding hydrogens is 360 g/mol. The normalized spacial score (nSPS) is 17.8. The zero-order valence-corrected chi connectivity index (χ0v) is 17.5. The van der Waals surface area contributed by atoms with Crippen molar-refractivity contribution in [2.75, 3.05) is 13.7 Å². The van der Waals surface area contributed by atoms with Crippen LogP contribution in [0.25, 0.3) is 10.8 Å². The van der Waals surface area contributed by atoms with Crippen LogP contribution >= 0.6 is 0 Å². The van der Waals surface area contributed by atoms with E-state index in [-0.39, 0.29) is 18.0 Å². The average Bonchev–Trinajstić information content (AvgIpc) is 3.42. The number of hydrogen-bond acceptors (Lipinski definition) is 2. The molecule has 4 heteroatoms. The number of methoxy groups -OCH3 is 1. The molecule has 0 aliphatic carbocycles. The number of nitrogens with zero attached hydrogens (tertiary/aromatic N) is 2. The number of benzene rings is 2. The van der Waals surface area contributed by atoms with Crippen LogP contribution in [0.3, 0.4) is 0 Å². The van der Waals surface area contributed by atoms with E-state index in [9.17, 15) is 4.79 Å². The van der Waals surface area contributed by atoms with Crippen LogP contribution in [-0.2, 0) is 4.79 Å². The maximum Gasteiger partial charge on any atom is 0.246 e. The highest BCUT2D eigenvalue weighted by Gasteiger charge is 2.35. The van der Waals surface area contributed by atoms with Crippen LogP contribution in [-0.4, -0.2) is 29.0 Å². The minimum Gasteiger partial charge on any atom is -0.496 e. The van der Waals surface area contributed by atoms with E-state index in [2.05, 4.69) is 47.6 Å². The number of rotatable bonds is 6. The zero-order chi connectivity index (χ0) is 20.4. The van der Waals surface area contributed by atoms with E-state index in [0.29, 0.717) is 5.92 Å². The highest BCUT2D eigenvalue weighted by molar-refractivity contribution is 5.92. The lowest BCUT2D eigenvalue weighted by Gasteiger charge is -2.31. The highest BCUT2D eigenvalue weighted by atomic mass is 16.5.